The molecule has 124 valence electrons. The molecule has 1 N–H and O–H groups in total. The van der Waals surface area contributed by atoms with Gasteiger partial charge in [0.25, 0.3) is 0 Å². The van der Waals surface area contributed by atoms with Gasteiger partial charge in [0.15, 0.2) is 0 Å². The maximum atomic E-state index is 5.49. The van der Waals surface area contributed by atoms with Crippen molar-refractivity contribution in [1.29, 1.82) is 0 Å². The van der Waals surface area contributed by atoms with Crippen LogP contribution in [-0.4, -0.2) is 61.8 Å². The molecule has 3 heterocycles. The second-order valence-electron chi connectivity index (χ2n) is 5.70. The third-order valence-electron chi connectivity index (χ3n) is 3.88. The zero-order valence-corrected chi connectivity index (χ0v) is 14.4. The average molecular weight is 333 g/mol. The van der Waals surface area contributed by atoms with Crippen LogP contribution in [0.3, 0.4) is 0 Å². The maximum absolute atomic E-state index is 5.49. The van der Waals surface area contributed by atoms with Gasteiger partial charge in [-0.2, -0.15) is 4.98 Å². The highest BCUT2D eigenvalue weighted by Crippen LogP contribution is 2.26. The van der Waals surface area contributed by atoms with Crippen LogP contribution in [0, 0.1) is 0 Å². The van der Waals surface area contributed by atoms with E-state index in [4.69, 9.17) is 4.74 Å². The Morgan fingerprint density at radius 3 is 2.87 bits per heavy atom. The summed E-state index contributed by atoms with van der Waals surface area (Å²) < 4.78 is 5.49. The zero-order valence-electron chi connectivity index (χ0n) is 13.6. The third kappa shape index (κ3) is 4.19. The molecule has 0 saturated carbocycles. The largest absolute Gasteiger partial charge is 0.379 e. The van der Waals surface area contributed by atoms with Crippen LogP contribution >= 0.6 is 11.3 Å². The van der Waals surface area contributed by atoms with E-state index >= 15 is 0 Å². The van der Waals surface area contributed by atoms with Crippen molar-refractivity contribution in [2.75, 3.05) is 57.2 Å². The van der Waals surface area contributed by atoms with Crippen molar-refractivity contribution in [2.24, 2.45) is 0 Å². The highest BCUT2D eigenvalue weighted by molar-refractivity contribution is 7.10. The minimum Gasteiger partial charge on any atom is -0.379 e. The number of nitrogens with one attached hydrogen (secondary N) is 1. The van der Waals surface area contributed by atoms with Crippen molar-refractivity contribution in [1.82, 2.24) is 14.9 Å². The first-order valence-electron chi connectivity index (χ1n) is 7.83. The summed E-state index contributed by atoms with van der Waals surface area (Å²) in [6, 6.07) is 6.58. The number of nitrogens with zero attached hydrogens (tertiary/aromatic N) is 4. The first-order valence-corrected chi connectivity index (χ1v) is 8.71. The Labute approximate surface area is 141 Å². The van der Waals surface area contributed by atoms with Gasteiger partial charge in [0.1, 0.15) is 5.82 Å². The highest BCUT2D eigenvalue weighted by Gasteiger charge is 2.23. The molecule has 1 fully saturated rings. The van der Waals surface area contributed by atoms with Gasteiger partial charge in [0, 0.05) is 44.8 Å². The molecule has 0 aromatic carbocycles. The van der Waals surface area contributed by atoms with Crippen molar-refractivity contribution in [3.63, 3.8) is 0 Å². The molecule has 1 aliphatic heterocycles. The van der Waals surface area contributed by atoms with E-state index in [1.807, 2.05) is 25.1 Å². The van der Waals surface area contributed by atoms with Crippen LogP contribution in [0.25, 0.3) is 0 Å². The SMILES string of the molecule is CN(C)c1nccc(NC[C@@H](c2cccs2)N2CCOCC2)n1. The molecule has 0 bridgehead atoms. The predicted molar refractivity (Wildman–Crippen MR) is 94.3 cm³/mol. The fourth-order valence-electron chi connectivity index (χ4n) is 2.64. The molecule has 0 unspecified atom stereocenters. The smallest absolute Gasteiger partial charge is 0.226 e. The normalized spacial score (nSPS) is 17.0. The van der Waals surface area contributed by atoms with Crippen LogP contribution in [0.2, 0.25) is 0 Å². The van der Waals surface area contributed by atoms with Gasteiger partial charge < -0.3 is 15.0 Å². The second kappa shape index (κ2) is 7.72. The topological polar surface area (TPSA) is 53.5 Å². The fraction of sp³-hybridized carbons (Fsp3) is 0.500. The Bertz CT molecular complexity index is 598. The number of hydrogen-bond acceptors (Lipinski definition) is 7. The Morgan fingerprint density at radius 1 is 1.35 bits per heavy atom. The van der Waals surface area contributed by atoms with Crippen LogP contribution in [0.5, 0.6) is 0 Å². The summed E-state index contributed by atoms with van der Waals surface area (Å²) in [6.07, 6.45) is 1.79. The molecule has 6 nitrogen and oxygen atoms in total. The van der Waals surface area contributed by atoms with Crippen molar-refractivity contribution in [3.8, 4) is 0 Å². The Kier molecular flexibility index (Phi) is 5.43. The van der Waals surface area contributed by atoms with Gasteiger partial charge in [-0.1, -0.05) is 6.07 Å². The molecular formula is C16H23N5OS. The van der Waals surface area contributed by atoms with E-state index in [9.17, 15) is 0 Å². The summed E-state index contributed by atoms with van der Waals surface area (Å²) in [5, 5.41) is 5.61. The molecule has 0 spiro atoms. The number of anilines is 2. The molecule has 1 atom stereocenters. The zero-order chi connectivity index (χ0) is 16.1. The van der Waals surface area contributed by atoms with Crippen molar-refractivity contribution >= 4 is 23.1 Å². The van der Waals surface area contributed by atoms with Crippen molar-refractivity contribution < 1.29 is 4.74 Å². The van der Waals surface area contributed by atoms with Crippen LogP contribution in [0.4, 0.5) is 11.8 Å². The molecule has 2 aromatic rings. The van der Waals surface area contributed by atoms with E-state index in [0.717, 1.165) is 38.7 Å². The number of rotatable bonds is 6. The number of thiophene rings is 1. The number of aromatic nitrogens is 2. The van der Waals surface area contributed by atoms with Crippen molar-refractivity contribution in [2.45, 2.75) is 6.04 Å². The standard InChI is InChI=1S/C16H23N5OS/c1-20(2)16-17-6-5-15(19-16)18-12-13(14-4-3-11-23-14)21-7-9-22-10-8-21/h3-6,11,13H,7-10,12H2,1-2H3,(H,17,18,19)/t13-/m0/s1. The summed E-state index contributed by atoms with van der Waals surface area (Å²) in [4.78, 5) is 14.6. The summed E-state index contributed by atoms with van der Waals surface area (Å²) in [5.41, 5.74) is 0. The molecule has 23 heavy (non-hydrogen) atoms. The van der Waals surface area contributed by atoms with Gasteiger partial charge in [-0.25, -0.2) is 4.98 Å². The first-order chi connectivity index (χ1) is 11.2. The molecule has 2 aromatic heterocycles. The van der Waals surface area contributed by atoms with E-state index < -0.39 is 0 Å². The van der Waals surface area contributed by atoms with E-state index in [1.54, 1.807) is 17.5 Å². The van der Waals surface area contributed by atoms with Crippen molar-refractivity contribution in [3.05, 3.63) is 34.7 Å². The van der Waals surface area contributed by atoms with Crippen LogP contribution < -0.4 is 10.2 Å². The lowest BCUT2D eigenvalue weighted by Crippen LogP contribution is -2.41. The van der Waals surface area contributed by atoms with Gasteiger partial charge in [-0.15, -0.1) is 11.3 Å². The molecule has 1 saturated heterocycles. The lowest BCUT2D eigenvalue weighted by atomic mass is 10.2. The molecule has 1 aliphatic rings. The third-order valence-corrected chi connectivity index (χ3v) is 4.85. The van der Waals surface area contributed by atoms with Crippen LogP contribution in [-0.2, 0) is 4.74 Å². The molecular weight excluding hydrogens is 310 g/mol. The minimum absolute atomic E-state index is 0.344. The van der Waals surface area contributed by atoms with Gasteiger partial charge in [0.05, 0.1) is 19.3 Å². The average Bonchev–Trinajstić information content (AvgIpc) is 3.11. The van der Waals surface area contributed by atoms with E-state index in [0.29, 0.717) is 12.0 Å². The quantitative estimate of drug-likeness (QED) is 0.874. The number of morpholine rings is 1. The van der Waals surface area contributed by atoms with E-state index in [2.05, 4.69) is 37.7 Å². The fourth-order valence-corrected chi connectivity index (χ4v) is 3.50. The summed E-state index contributed by atoms with van der Waals surface area (Å²) in [7, 11) is 3.89. The maximum Gasteiger partial charge on any atom is 0.226 e. The summed E-state index contributed by atoms with van der Waals surface area (Å²) in [6.45, 7) is 4.37. The van der Waals surface area contributed by atoms with Gasteiger partial charge in [0.2, 0.25) is 5.95 Å². The predicted octanol–water partition coefficient (Wildman–Crippen LogP) is 2.09. The summed E-state index contributed by atoms with van der Waals surface area (Å²) >= 11 is 1.80. The van der Waals surface area contributed by atoms with E-state index in [-0.39, 0.29) is 0 Å². The minimum atomic E-state index is 0.344. The number of ether oxygens (including phenoxy) is 1. The Hall–Kier alpha value is -1.70. The lowest BCUT2D eigenvalue weighted by Gasteiger charge is -2.34. The highest BCUT2D eigenvalue weighted by atomic mass is 32.1. The Morgan fingerprint density at radius 2 is 2.17 bits per heavy atom. The second-order valence-corrected chi connectivity index (χ2v) is 6.68. The molecule has 3 rings (SSSR count). The van der Waals surface area contributed by atoms with Crippen LogP contribution in [0.1, 0.15) is 10.9 Å². The number of hydrogen-bond donors (Lipinski definition) is 1. The van der Waals surface area contributed by atoms with Gasteiger partial charge >= 0.3 is 0 Å². The molecule has 0 aliphatic carbocycles. The Balaban J connectivity index is 1.70. The monoisotopic (exact) mass is 333 g/mol. The molecule has 0 amide bonds. The summed E-state index contributed by atoms with van der Waals surface area (Å²) in [5.74, 6) is 1.58. The van der Waals surface area contributed by atoms with E-state index in [1.165, 1.54) is 4.88 Å². The first kappa shape index (κ1) is 16.2. The molecule has 7 heteroatoms. The van der Waals surface area contributed by atoms with Crippen LogP contribution in [0.15, 0.2) is 29.8 Å². The van der Waals surface area contributed by atoms with Gasteiger partial charge in [-0.05, 0) is 17.5 Å². The lowest BCUT2D eigenvalue weighted by molar-refractivity contribution is 0.0194. The molecule has 0 radical (unpaired) electrons. The van der Waals surface area contributed by atoms with Gasteiger partial charge in [-0.3, -0.25) is 4.90 Å².